The Morgan fingerprint density at radius 1 is 0.950 bits per heavy atom. The number of nitrogens with one attached hydrogen (secondary N) is 1. The standard InChI is InChI=1S/C15H29NO4/c1-2-3-4-5-6-7-8-9-10-11-14(18)16-13(12-17)15(19)20/h13,17H,2-12H2,1H3,(H,16,18)(H,19,20)/t13-/m0/s1. The molecule has 3 N–H and O–H groups in total. The van der Waals surface area contributed by atoms with E-state index in [0.29, 0.717) is 6.42 Å². The number of carboxylic acid groups (broad SMARTS) is 1. The summed E-state index contributed by atoms with van der Waals surface area (Å²) in [4.78, 5) is 22.1. The van der Waals surface area contributed by atoms with E-state index in [1.807, 2.05) is 0 Å². The van der Waals surface area contributed by atoms with Crippen LogP contribution in [0.5, 0.6) is 0 Å². The lowest BCUT2D eigenvalue weighted by Gasteiger charge is -2.11. The predicted molar refractivity (Wildman–Crippen MR) is 78.5 cm³/mol. The summed E-state index contributed by atoms with van der Waals surface area (Å²) in [5.41, 5.74) is 0. The van der Waals surface area contributed by atoms with Gasteiger partial charge in [0.2, 0.25) is 5.91 Å². The molecule has 0 saturated heterocycles. The number of carboxylic acids is 1. The molecule has 0 aromatic rings. The largest absolute Gasteiger partial charge is 0.480 e. The van der Waals surface area contributed by atoms with Gasteiger partial charge in [0, 0.05) is 6.42 Å². The smallest absolute Gasteiger partial charge is 0.328 e. The molecule has 0 rings (SSSR count). The zero-order valence-electron chi connectivity index (χ0n) is 12.6. The minimum atomic E-state index is -1.20. The Morgan fingerprint density at radius 3 is 1.90 bits per heavy atom. The molecule has 0 aliphatic carbocycles. The third-order valence-electron chi connectivity index (χ3n) is 3.32. The summed E-state index contributed by atoms with van der Waals surface area (Å²) in [6.07, 6.45) is 10.9. The molecule has 0 aromatic carbocycles. The van der Waals surface area contributed by atoms with Gasteiger partial charge in [0.1, 0.15) is 6.04 Å². The Morgan fingerprint density at radius 2 is 1.45 bits per heavy atom. The average Bonchev–Trinajstić information content (AvgIpc) is 2.42. The van der Waals surface area contributed by atoms with E-state index in [4.69, 9.17) is 10.2 Å². The van der Waals surface area contributed by atoms with Crippen LogP contribution in [0.2, 0.25) is 0 Å². The van der Waals surface area contributed by atoms with Gasteiger partial charge in [-0.25, -0.2) is 4.79 Å². The van der Waals surface area contributed by atoms with Gasteiger partial charge in [-0.3, -0.25) is 4.79 Å². The second kappa shape index (κ2) is 12.9. The van der Waals surface area contributed by atoms with Crippen molar-refractivity contribution in [1.29, 1.82) is 0 Å². The molecule has 0 fully saturated rings. The molecule has 1 atom stereocenters. The topological polar surface area (TPSA) is 86.6 Å². The van der Waals surface area contributed by atoms with E-state index in [9.17, 15) is 9.59 Å². The summed E-state index contributed by atoms with van der Waals surface area (Å²) < 4.78 is 0. The Kier molecular flexibility index (Phi) is 12.2. The quantitative estimate of drug-likeness (QED) is 0.454. The van der Waals surface area contributed by atoms with Crippen LogP contribution in [0.3, 0.4) is 0 Å². The lowest BCUT2D eigenvalue weighted by Crippen LogP contribution is -2.43. The van der Waals surface area contributed by atoms with Crippen LogP contribution in [-0.4, -0.2) is 34.7 Å². The number of unbranched alkanes of at least 4 members (excludes halogenated alkanes) is 8. The first-order chi connectivity index (χ1) is 9.61. The molecule has 0 heterocycles. The molecule has 0 aromatic heterocycles. The number of aliphatic carboxylic acids is 1. The van der Waals surface area contributed by atoms with Crippen molar-refractivity contribution >= 4 is 11.9 Å². The van der Waals surface area contributed by atoms with Crippen molar-refractivity contribution in [2.75, 3.05) is 6.61 Å². The maximum absolute atomic E-state index is 11.4. The number of hydrogen-bond acceptors (Lipinski definition) is 3. The third-order valence-corrected chi connectivity index (χ3v) is 3.32. The summed E-state index contributed by atoms with van der Waals surface area (Å²) in [6, 6.07) is -1.18. The fourth-order valence-corrected chi connectivity index (χ4v) is 2.05. The van der Waals surface area contributed by atoms with Crippen molar-refractivity contribution in [1.82, 2.24) is 5.32 Å². The molecule has 0 spiro atoms. The zero-order valence-corrected chi connectivity index (χ0v) is 12.6. The van der Waals surface area contributed by atoms with Crippen LogP contribution in [0.25, 0.3) is 0 Å². The van der Waals surface area contributed by atoms with Crippen molar-refractivity contribution < 1.29 is 19.8 Å². The van der Waals surface area contributed by atoms with Crippen LogP contribution in [0, 0.1) is 0 Å². The molecule has 118 valence electrons. The molecular weight excluding hydrogens is 258 g/mol. The van der Waals surface area contributed by atoms with Gasteiger partial charge in [0.05, 0.1) is 6.61 Å². The highest BCUT2D eigenvalue weighted by molar-refractivity contribution is 5.83. The number of carbonyl (C=O) groups is 2. The molecule has 20 heavy (non-hydrogen) atoms. The van der Waals surface area contributed by atoms with E-state index in [0.717, 1.165) is 19.3 Å². The van der Waals surface area contributed by atoms with E-state index in [-0.39, 0.29) is 5.91 Å². The van der Waals surface area contributed by atoms with E-state index in [2.05, 4.69) is 12.2 Å². The molecule has 1 amide bonds. The van der Waals surface area contributed by atoms with Crippen molar-refractivity contribution in [3.63, 3.8) is 0 Å². The van der Waals surface area contributed by atoms with Crippen LogP contribution in [0.15, 0.2) is 0 Å². The Hall–Kier alpha value is -1.10. The van der Waals surface area contributed by atoms with E-state index >= 15 is 0 Å². The Balaban J connectivity index is 3.41. The van der Waals surface area contributed by atoms with Gasteiger partial charge in [-0.05, 0) is 6.42 Å². The van der Waals surface area contributed by atoms with Crippen molar-refractivity contribution in [2.24, 2.45) is 0 Å². The summed E-state index contributed by atoms with van der Waals surface area (Å²) in [6.45, 7) is 1.63. The molecule has 5 heteroatoms. The number of hydrogen-bond donors (Lipinski definition) is 3. The normalized spacial score (nSPS) is 12.1. The second-order valence-electron chi connectivity index (χ2n) is 5.22. The van der Waals surface area contributed by atoms with Gasteiger partial charge in [-0.15, -0.1) is 0 Å². The Labute approximate surface area is 121 Å². The minimum Gasteiger partial charge on any atom is -0.480 e. The first-order valence-corrected chi connectivity index (χ1v) is 7.74. The summed E-state index contributed by atoms with van der Waals surface area (Å²) >= 11 is 0. The number of amides is 1. The van der Waals surface area contributed by atoms with Crippen LogP contribution >= 0.6 is 0 Å². The Bertz CT molecular complexity index is 269. The molecule has 0 aliphatic rings. The van der Waals surface area contributed by atoms with Crippen molar-refractivity contribution in [3.8, 4) is 0 Å². The third kappa shape index (κ3) is 10.8. The summed E-state index contributed by atoms with van der Waals surface area (Å²) in [5.74, 6) is -1.50. The lowest BCUT2D eigenvalue weighted by molar-refractivity contribution is -0.142. The SMILES string of the molecule is CCCCCCCCCCCC(=O)N[C@@H](CO)C(=O)O. The highest BCUT2D eigenvalue weighted by atomic mass is 16.4. The highest BCUT2D eigenvalue weighted by Crippen LogP contribution is 2.10. The van der Waals surface area contributed by atoms with Crippen LogP contribution in [0.4, 0.5) is 0 Å². The first-order valence-electron chi connectivity index (χ1n) is 7.74. The monoisotopic (exact) mass is 287 g/mol. The molecular formula is C15H29NO4. The highest BCUT2D eigenvalue weighted by Gasteiger charge is 2.17. The van der Waals surface area contributed by atoms with Gasteiger partial charge in [0.25, 0.3) is 0 Å². The summed E-state index contributed by atoms with van der Waals surface area (Å²) in [7, 11) is 0. The zero-order chi connectivity index (χ0) is 15.2. The van der Waals surface area contributed by atoms with Gasteiger partial charge in [-0.1, -0.05) is 58.3 Å². The van der Waals surface area contributed by atoms with Gasteiger partial charge < -0.3 is 15.5 Å². The van der Waals surface area contributed by atoms with Crippen LogP contribution < -0.4 is 5.32 Å². The summed E-state index contributed by atoms with van der Waals surface area (Å²) in [5, 5.41) is 19.8. The van der Waals surface area contributed by atoms with Crippen molar-refractivity contribution in [2.45, 2.75) is 77.2 Å². The molecule has 0 saturated carbocycles. The second-order valence-corrected chi connectivity index (χ2v) is 5.22. The first kappa shape index (κ1) is 18.9. The molecule has 0 aliphatic heterocycles. The molecule has 5 nitrogen and oxygen atoms in total. The van der Waals surface area contributed by atoms with Crippen LogP contribution in [-0.2, 0) is 9.59 Å². The number of carbonyl (C=O) groups excluding carboxylic acids is 1. The number of rotatable bonds is 13. The van der Waals surface area contributed by atoms with E-state index in [1.165, 1.54) is 38.5 Å². The van der Waals surface area contributed by atoms with Gasteiger partial charge in [-0.2, -0.15) is 0 Å². The minimum absolute atomic E-state index is 0.297. The average molecular weight is 287 g/mol. The maximum Gasteiger partial charge on any atom is 0.328 e. The fourth-order valence-electron chi connectivity index (χ4n) is 2.05. The lowest BCUT2D eigenvalue weighted by atomic mass is 10.1. The molecule has 0 unspecified atom stereocenters. The fraction of sp³-hybridized carbons (Fsp3) is 0.867. The predicted octanol–water partition coefficient (Wildman–Crippen LogP) is 2.47. The van der Waals surface area contributed by atoms with E-state index in [1.54, 1.807) is 0 Å². The molecule has 0 radical (unpaired) electrons. The molecule has 0 bridgehead atoms. The maximum atomic E-state index is 11.4. The van der Waals surface area contributed by atoms with Crippen LogP contribution in [0.1, 0.15) is 71.1 Å². The van der Waals surface area contributed by atoms with E-state index < -0.39 is 18.6 Å². The number of aliphatic hydroxyl groups is 1. The van der Waals surface area contributed by atoms with Crippen molar-refractivity contribution in [3.05, 3.63) is 0 Å². The number of aliphatic hydroxyl groups excluding tert-OH is 1. The van der Waals surface area contributed by atoms with Gasteiger partial charge in [0.15, 0.2) is 0 Å². The van der Waals surface area contributed by atoms with Gasteiger partial charge >= 0.3 is 5.97 Å².